The van der Waals surface area contributed by atoms with E-state index in [0.29, 0.717) is 63.4 Å². The Morgan fingerprint density at radius 1 is 1.24 bits per heavy atom. The maximum absolute atomic E-state index is 15.2. The summed E-state index contributed by atoms with van der Waals surface area (Å²) in [5, 5.41) is 3.26. The molecule has 1 saturated heterocycles. The highest BCUT2D eigenvalue weighted by atomic mass is 32.2. The van der Waals surface area contributed by atoms with Crippen LogP contribution in [0.4, 0.5) is 14.6 Å². The summed E-state index contributed by atoms with van der Waals surface area (Å²) in [6.45, 7) is 8.34. The Kier molecular flexibility index (Phi) is 9.81. The van der Waals surface area contributed by atoms with Crippen LogP contribution in [0.3, 0.4) is 0 Å². The fourth-order valence-electron chi connectivity index (χ4n) is 5.50. The summed E-state index contributed by atoms with van der Waals surface area (Å²) >= 11 is 0. The molecule has 226 valence electrons. The summed E-state index contributed by atoms with van der Waals surface area (Å²) in [7, 11) is -3.29. The lowest BCUT2D eigenvalue weighted by atomic mass is 9.83. The number of sulfonamides is 1. The number of nitrogens with one attached hydrogen (secondary N) is 2. The first-order valence-corrected chi connectivity index (χ1v) is 16.0. The van der Waals surface area contributed by atoms with Gasteiger partial charge in [-0.15, -0.1) is 0 Å². The summed E-state index contributed by atoms with van der Waals surface area (Å²) in [4.78, 5) is 25.3. The Bertz CT molecular complexity index is 1310. The molecule has 1 aromatic heterocycles. The molecule has 0 unspecified atom stereocenters. The van der Waals surface area contributed by atoms with Crippen LogP contribution in [0.1, 0.15) is 56.8 Å². The number of nitrogens with zero attached hydrogens (tertiary/aromatic N) is 4. The molecule has 1 amide bonds. The summed E-state index contributed by atoms with van der Waals surface area (Å²) in [5.41, 5.74) is -1.22. The standard InChI is InChI=1S/C28H40F2N6O4S/c1-5-36(19(2)3)27(37)23-12-21(29)6-7-24(23)40-25-14-32-18-33-26(25)35-15-20(16-35)13-31-17-28(30)10-8-22(9-11-28)34-41(4,38)39/h6-7,12,14,18-20,22,31,34H,5,8-11,13,15-17H2,1-4H3. The minimum Gasteiger partial charge on any atom is -0.451 e. The predicted molar refractivity (Wildman–Crippen MR) is 153 cm³/mol. The first-order chi connectivity index (χ1) is 19.4. The topological polar surface area (TPSA) is 117 Å². The number of halogens is 2. The van der Waals surface area contributed by atoms with Crippen LogP contribution >= 0.6 is 0 Å². The molecular weight excluding hydrogens is 554 g/mol. The molecule has 13 heteroatoms. The molecule has 41 heavy (non-hydrogen) atoms. The van der Waals surface area contributed by atoms with Gasteiger partial charge in [-0.25, -0.2) is 31.9 Å². The van der Waals surface area contributed by atoms with Crippen molar-refractivity contribution in [2.45, 2.75) is 64.2 Å². The number of hydrogen-bond acceptors (Lipinski definition) is 8. The Morgan fingerprint density at radius 3 is 2.59 bits per heavy atom. The minimum atomic E-state index is -3.29. The van der Waals surface area contributed by atoms with Crippen LogP contribution in [-0.4, -0.2) is 85.9 Å². The van der Waals surface area contributed by atoms with E-state index in [0.717, 1.165) is 6.26 Å². The van der Waals surface area contributed by atoms with Crippen molar-refractivity contribution in [3.8, 4) is 11.5 Å². The summed E-state index contributed by atoms with van der Waals surface area (Å²) < 4.78 is 60.9. The second-order valence-corrected chi connectivity index (χ2v) is 13.1. The summed E-state index contributed by atoms with van der Waals surface area (Å²) in [5.74, 6) is 0.563. The summed E-state index contributed by atoms with van der Waals surface area (Å²) in [6, 6.07) is 3.60. The summed E-state index contributed by atoms with van der Waals surface area (Å²) in [6.07, 6.45) is 5.65. The minimum absolute atomic E-state index is 0.0648. The average molecular weight is 595 g/mol. The van der Waals surface area contributed by atoms with E-state index in [-0.39, 0.29) is 41.8 Å². The molecule has 0 radical (unpaired) electrons. The van der Waals surface area contributed by atoms with Gasteiger partial charge < -0.3 is 19.9 Å². The van der Waals surface area contributed by atoms with Crippen molar-refractivity contribution in [3.63, 3.8) is 0 Å². The predicted octanol–water partition coefficient (Wildman–Crippen LogP) is 3.50. The van der Waals surface area contributed by atoms with Gasteiger partial charge in [0, 0.05) is 50.7 Å². The van der Waals surface area contributed by atoms with Gasteiger partial charge in [-0.3, -0.25) is 4.79 Å². The number of carbonyl (C=O) groups excluding carboxylic acids is 1. The van der Waals surface area contributed by atoms with E-state index in [9.17, 15) is 17.6 Å². The molecule has 2 heterocycles. The normalized spacial score (nSPS) is 21.5. The van der Waals surface area contributed by atoms with Gasteiger partial charge in [-0.2, -0.15) is 0 Å². The molecule has 1 aliphatic heterocycles. The van der Waals surface area contributed by atoms with Crippen LogP contribution in [0.25, 0.3) is 0 Å². The van der Waals surface area contributed by atoms with Gasteiger partial charge in [-0.05, 0) is 64.7 Å². The zero-order valence-corrected chi connectivity index (χ0v) is 24.9. The number of benzene rings is 1. The van der Waals surface area contributed by atoms with E-state index in [1.165, 1.54) is 30.7 Å². The largest absolute Gasteiger partial charge is 0.451 e. The fraction of sp³-hybridized carbons (Fsp3) is 0.607. The molecule has 1 saturated carbocycles. The van der Waals surface area contributed by atoms with Crippen LogP contribution in [0.15, 0.2) is 30.7 Å². The van der Waals surface area contributed by atoms with Crippen LogP contribution in [-0.2, 0) is 10.0 Å². The Morgan fingerprint density at radius 2 is 1.95 bits per heavy atom. The average Bonchev–Trinajstić information content (AvgIpc) is 2.88. The number of aromatic nitrogens is 2. The van der Waals surface area contributed by atoms with Crippen LogP contribution in [0, 0.1) is 11.7 Å². The second-order valence-electron chi connectivity index (χ2n) is 11.4. The highest BCUT2D eigenvalue weighted by Gasteiger charge is 2.37. The van der Waals surface area contributed by atoms with Gasteiger partial charge in [0.05, 0.1) is 18.0 Å². The zero-order chi connectivity index (χ0) is 29.8. The van der Waals surface area contributed by atoms with Crippen molar-refractivity contribution >= 4 is 21.7 Å². The van der Waals surface area contributed by atoms with E-state index in [4.69, 9.17) is 4.74 Å². The molecule has 1 aliphatic carbocycles. The van der Waals surface area contributed by atoms with E-state index < -0.39 is 21.5 Å². The highest BCUT2D eigenvalue weighted by Crippen LogP contribution is 2.36. The van der Waals surface area contributed by atoms with Gasteiger partial charge >= 0.3 is 0 Å². The zero-order valence-electron chi connectivity index (χ0n) is 24.1. The lowest BCUT2D eigenvalue weighted by molar-refractivity contribution is 0.0713. The third kappa shape index (κ3) is 8.10. The number of hydrogen-bond donors (Lipinski definition) is 2. The van der Waals surface area contributed by atoms with Crippen LogP contribution < -0.4 is 19.7 Å². The molecular formula is C28H40F2N6O4S. The highest BCUT2D eigenvalue weighted by molar-refractivity contribution is 7.88. The van der Waals surface area contributed by atoms with Gasteiger partial charge in [0.2, 0.25) is 10.0 Å². The third-order valence-electron chi connectivity index (χ3n) is 7.67. The molecule has 2 fully saturated rings. The van der Waals surface area contributed by atoms with Crippen molar-refractivity contribution in [1.82, 2.24) is 24.9 Å². The van der Waals surface area contributed by atoms with E-state index in [1.807, 2.05) is 25.7 Å². The van der Waals surface area contributed by atoms with Gasteiger partial charge in [0.1, 0.15) is 23.6 Å². The fourth-order valence-corrected chi connectivity index (χ4v) is 6.34. The maximum Gasteiger partial charge on any atom is 0.257 e. The Hall–Kier alpha value is -2.90. The van der Waals surface area contributed by atoms with E-state index in [2.05, 4.69) is 20.0 Å². The molecule has 0 spiro atoms. The van der Waals surface area contributed by atoms with Gasteiger partial charge in [-0.1, -0.05) is 0 Å². The number of ether oxygens (including phenoxy) is 1. The molecule has 2 aliphatic rings. The van der Waals surface area contributed by atoms with Crippen molar-refractivity contribution in [3.05, 3.63) is 42.1 Å². The van der Waals surface area contributed by atoms with Crippen LogP contribution in [0.5, 0.6) is 11.5 Å². The van der Waals surface area contributed by atoms with Gasteiger partial charge in [0.15, 0.2) is 11.6 Å². The molecule has 1 aromatic carbocycles. The van der Waals surface area contributed by atoms with Crippen molar-refractivity contribution in [2.24, 2.45) is 5.92 Å². The molecule has 2 N–H and O–H groups in total. The van der Waals surface area contributed by atoms with Crippen molar-refractivity contribution in [1.29, 1.82) is 0 Å². The van der Waals surface area contributed by atoms with E-state index >= 15 is 4.39 Å². The van der Waals surface area contributed by atoms with Crippen molar-refractivity contribution in [2.75, 3.05) is 43.9 Å². The molecule has 0 atom stereocenters. The lowest BCUT2D eigenvalue weighted by Crippen LogP contribution is -2.53. The number of alkyl halides is 1. The molecule has 0 bridgehead atoms. The number of amides is 1. The SMILES string of the molecule is CCN(C(=O)c1cc(F)ccc1Oc1cncnc1N1CC(CNCC2(F)CCC(NS(C)(=O)=O)CC2)C1)C(C)C. The maximum atomic E-state index is 15.2. The smallest absolute Gasteiger partial charge is 0.257 e. The third-order valence-corrected chi connectivity index (χ3v) is 8.43. The first kappa shape index (κ1) is 31.0. The van der Waals surface area contributed by atoms with E-state index in [1.54, 1.807) is 4.90 Å². The first-order valence-electron chi connectivity index (χ1n) is 14.1. The Labute approximate surface area is 240 Å². The molecule has 10 nitrogen and oxygen atoms in total. The second kappa shape index (κ2) is 13.0. The van der Waals surface area contributed by atoms with Gasteiger partial charge in [0.25, 0.3) is 5.91 Å². The number of carbonyl (C=O) groups is 1. The quantitative estimate of drug-likeness (QED) is 0.384. The number of rotatable bonds is 12. The monoisotopic (exact) mass is 594 g/mol. The Balaban J connectivity index is 1.32. The molecule has 2 aromatic rings. The van der Waals surface area contributed by atoms with Crippen molar-refractivity contribution < 1.29 is 26.7 Å². The lowest BCUT2D eigenvalue weighted by Gasteiger charge is -2.41. The molecule has 4 rings (SSSR count). The number of anilines is 1. The van der Waals surface area contributed by atoms with Crippen LogP contribution in [0.2, 0.25) is 0 Å².